The predicted octanol–water partition coefficient (Wildman–Crippen LogP) is -1.30. The number of aliphatic carboxylic acids is 1. The molecule has 0 aliphatic heterocycles. The molecule has 0 radical (unpaired) electrons. The van der Waals surface area contributed by atoms with Crippen molar-refractivity contribution in [2.45, 2.75) is 12.5 Å². The van der Waals surface area contributed by atoms with Gasteiger partial charge in [-0.3, -0.25) is 0 Å². The monoisotopic (exact) mass is 242 g/mol. The number of nitrogens with zero attached hydrogens (tertiary/aromatic N) is 1. The Morgan fingerprint density at radius 3 is 2.82 bits per heavy atom. The number of rotatable bonds is 6. The van der Waals surface area contributed by atoms with E-state index in [4.69, 9.17) is 10.2 Å². The minimum Gasteiger partial charge on any atom is -0.479 e. The third kappa shape index (κ3) is 4.98. The molecule has 0 aliphatic carbocycles. The van der Waals surface area contributed by atoms with Crippen molar-refractivity contribution in [2.24, 2.45) is 0 Å². The summed E-state index contributed by atoms with van der Waals surface area (Å²) in [7, 11) is 0. The van der Waals surface area contributed by atoms with Gasteiger partial charge in [-0.15, -0.1) is 0 Å². The fraction of sp³-hybridized carbons (Fsp3) is 0.444. The SMILES string of the molecule is O=C(NCCc1cnc[nH]1)NCC(O)C(=O)O. The van der Waals surface area contributed by atoms with Crippen LogP contribution in [-0.2, 0) is 11.2 Å². The molecule has 0 fully saturated rings. The molecule has 0 aliphatic rings. The van der Waals surface area contributed by atoms with E-state index in [-0.39, 0.29) is 6.54 Å². The molecule has 0 saturated heterocycles. The molecule has 1 aromatic rings. The van der Waals surface area contributed by atoms with E-state index in [1.807, 2.05) is 0 Å². The number of imidazole rings is 1. The summed E-state index contributed by atoms with van der Waals surface area (Å²) in [6.45, 7) is 0.0580. The van der Waals surface area contributed by atoms with Gasteiger partial charge in [-0.2, -0.15) is 0 Å². The van der Waals surface area contributed by atoms with E-state index < -0.39 is 18.1 Å². The average Bonchev–Trinajstić information content (AvgIpc) is 2.78. The lowest BCUT2D eigenvalue weighted by Crippen LogP contribution is -2.42. The Kier molecular flexibility index (Phi) is 4.95. The first-order valence-electron chi connectivity index (χ1n) is 4.99. The second kappa shape index (κ2) is 6.48. The third-order valence-electron chi connectivity index (χ3n) is 1.98. The molecule has 1 unspecified atom stereocenters. The summed E-state index contributed by atoms with van der Waals surface area (Å²) < 4.78 is 0. The van der Waals surface area contributed by atoms with Crippen LogP contribution in [0.1, 0.15) is 5.69 Å². The summed E-state index contributed by atoms with van der Waals surface area (Å²) in [5.74, 6) is -1.37. The number of H-pyrrole nitrogens is 1. The first-order valence-corrected chi connectivity index (χ1v) is 4.99. The van der Waals surface area contributed by atoms with Crippen LogP contribution in [0.15, 0.2) is 12.5 Å². The molecular formula is C9H14N4O4. The molecule has 8 heteroatoms. The maximum Gasteiger partial charge on any atom is 0.334 e. The Hall–Kier alpha value is -2.09. The topological polar surface area (TPSA) is 127 Å². The lowest BCUT2D eigenvalue weighted by Gasteiger charge is -2.08. The quantitative estimate of drug-likeness (QED) is 0.423. The first-order chi connectivity index (χ1) is 8.09. The van der Waals surface area contributed by atoms with Crippen molar-refractivity contribution in [1.82, 2.24) is 20.6 Å². The van der Waals surface area contributed by atoms with Crippen molar-refractivity contribution in [1.29, 1.82) is 0 Å². The number of aromatic nitrogens is 2. The Labute approximate surface area is 97.1 Å². The molecule has 1 atom stereocenters. The van der Waals surface area contributed by atoms with E-state index in [0.29, 0.717) is 13.0 Å². The molecule has 0 bridgehead atoms. The Morgan fingerprint density at radius 2 is 2.24 bits per heavy atom. The number of amides is 2. The van der Waals surface area contributed by atoms with E-state index in [0.717, 1.165) is 5.69 Å². The maximum absolute atomic E-state index is 11.1. The van der Waals surface area contributed by atoms with Crippen molar-refractivity contribution in [2.75, 3.05) is 13.1 Å². The number of urea groups is 1. The molecule has 17 heavy (non-hydrogen) atoms. The number of aromatic amines is 1. The van der Waals surface area contributed by atoms with E-state index in [2.05, 4.69) is 20.6 Å². The summed E-state index contributed by atoms with van der Waals surface area (Å²) in [6.07, 6.45) is 2.19. The van der Waals surface area contributed by atoms with Crippen molar-refractivity contribution in [3.63, 3.8) is 0 Å². The molecule has 8 nitrogen and oxygen atoms in total. The third-order valence-corrected chi connectivity index (χ3v) is 1.98. The van der Waals surface area contributed by atoms with Gasteiger partial charge in [-0.1, -0.05) is 0 Å². The molecule has 0 saturated carbocycles. The standard InChI is InChI=1S/C9H14N4O4/c14-7(8(15)16)4-12-9(17)11-2-1-6-3-10-5-13-6/h3,5,7,14H,1-2,4H2,(H,10,13)(H,15,16)(H2,11,12,17). The van der Waals surface area contributed by atoms with Gasteiger partial charge in [0, 0.05) is 24.9 Å². The molecule has 2 amide bonds. The molecule has 5 N–H and O–H groups in total. The zero-order valence-corrected chi connectivity index (χ0v) is 9.01. The Morgan fingerprint density at radius 1 is 1.47 bits per heavy atom. The minimum atomic E-state index is -1.59. The highest BCUT2D eigenvalue weighted by atomic mass is 16.4. The zero-order chi connectivity index (χ0) is 12.7. The summed E-state index contributed by atoms with van der Waals surface area (Å²) in [5.41, 5.74) is 0.885. The van der Waals surface area contributed by atoms with Gasteiger partial charge in [0.05, 0.1) is 12.9 Å². The molecule has 0 aromatic carbocycles. The van der Waals surface area contributed by atoms with Crippen LogP contribution in [0.4, 0.5) is 4.79 Å². The smallest absolute Gasteiger partial charge is 0.334 e. The van der Waals surface area contributed by atoms with Crippen molar-refractivity contribution < 1.29 is 19.8 Å². The Bertz CT molecular complexity index is 365. The van der Waals surface area contributed by atoms with Gasteiger partial charge in [0.1, 0.15) is 0 Å². The van der Waals surface area contributed by atoms with Crippen LogP contribution < -0.4 is 10.6 Å². The number of carbonyl (C=O) groups excluding carboxylic acids is 1. The molecule has 94 valence electrons. The maximum atomic E-state index is 11.1. The highest BCUT2D eigenvalue weighted by Gasteiger charge is 2.13. The second-order valence-corrected chi connectivity index (χ2v) is 3.32. The van der Waals surface area contributed by atoms with Crippen molar-refractivity contribution in [3.05, 3.63) is 18.2 Å². The van der Waals surface area contributed by atoms with Gasteiger partial charge in [0.25, 0.3) is 0 Å². The number of aliphatic hydroxyl groups is 1. The summed E-state index contributed by atoms with van der Waals surface area (Å²) >= 11 is 0. The number of nitrogens with one attached hydrogen (secondary N) is 3. The van der Waals surface area contributed by atoms with Crippen LogP contribution in [0.2, 0.25) is 0 Å². The van der Waals surface area contributed by atoms with E-state index in [1.165, 1.54) is 0 Å². The fourth-order valence-electron chi connectivity index (χ4n) is 1.07. The average molecular weight is 242 g/mol. The fourth-order valence-corrected chi connectivity index (χ4v) is 1.07. The number of aliphatic hydroxyl groups excluding tert-OH is 1. The van der Waals surface area contributed by atoms with Gasteiger partial charge < -0.3 is 25.8 Å². The minimum absolute atomic E-state index is 0.328. The Balaban J connectivity index is 2.11. The summed E-state index contributed by atoms with van der Waals surface area (Å²) in [4.78, 5) is 28.1. The number of carbonyl (C=O) groups is 2. The van der Waals surface area contributed by atoms with Gasteiger partial charge in [0.2, 0.25) is 0 Å². The van der Waals surface area contributed by atoms with Crippen LogP contribution in [0.25, 0.3) is 0 Å². The van der Waals surface area contributed by atoms with Gasteiger partial charge in [0.15, 0.2) is 6.10 Å². The number of hydrogen-bond acceptors (Lipinski definition) is 4. The van der Waals surface area contributed by atoms with E-state index >= 15 is 0 Å². The summed E-state index contributed by atoms with van der Waals surface area (Å²) in [6, 6.07) is -0.523. The van der Waals surface area contributed by atoms with Crippen LogP contribution in [0, 0.1) is 0 Å². The first kappa shape index (κ1) is 13.0. The normalized spacial score (nSPS) is 11.8. The molecular weight excluding hydrogens is 228 g/mol. The zero-order valence-electron chi connectivity index (χ0n) is 9.01. The van der Waals surface area contributed by atoms with Crippen molar-refractivity contribution >= 4 is 12.0 Å². The summed E-state index contributed by atoms with van der Waals surface area (Å²) in [5, 5.41) is 22.0. The van der Waals surface area contributed by atoms with Crippen LogP contribution in [-0.4, -0.2) is 51.4 Å². The largest absolute Gasteiger partial charge is 0.479 e. The lowest BCUT2D eigenvalue weighted by atomic mass is 10.3. The van der Waals surface area contributed by atoms with Crippen LogP contribution >= 0.6 is 0 Å². The van der Waals surface area contributed by atoms with Gasteiger partial charge in [-0.25, -0.2) is 14.6 Å². The number of carboxylic acids is 1. The molecule has 0 spiro atoms. The predicted molar refractivity (Wildman–Crippen MR) is 57.3 cm³/mol. The van der Waals surface area contributed by atoms with Gasteiger partial charge >= 0.3 is 12.0 Å². The number of hydrogen-bond donors (Lipinski definition) is 5. The highest BCUT2D eigenvalue weighted by molar-refractivity contribution is 5.76. The molecule has 1 rings (SSSR count). The van der Waals surface area contributed by atoms with Crippen LogP contribution in [0.5, 0.6) is 0 Å². The molecule has 1 aromatic heterocycles. The van der Waals surface area contributed by atoms with Crippen LogP contribution in [0.3, 0.4) is 0 Å². The second-order valence-electron chi connectivity index (χ2n) is 3.32. The van der Waals surface area contributed by atoms with E-state index in [1.54, 1.807) is 12.5 Å². The lowest BCUT2D eigenvalue weighted by molar-refractivity contribution is -0.146. The highest BCUT2D eigenvalue weighted by Crippen LogP contribution is 1.90. The van der Waals surface area contributed by atoms with E-state index in [9.17, 15) is 9.59 Å². The van der Waals surface area contributed by atoms with Crippen molar-refractivity contribution in [3.8, 4) is 0 Å². The van der Waals surface area contributed by atoms with Gasteiger partial charge in [-0.05, 0) is 0 Å². The molecule has 1 heterocycles. The number of carboxylic acid groups (broad SMARTS) is 1.